The lowest BCUT2D eigenvalue weighted by Crippen LogP contribution is -2.30. The molecule has 0 atom stereocenters. The van der Waals surface area contributed by atoms with E-state index in [1.54, 1.807) is 18.6 Å². The molecule has 6 heteroatoms. The first-order chi connectivity index (χ1) is 9.18. The van der Waals surface area contributed by atoms with E-state index in [1.807, 2.05) is 53.0 Å². The third kappa shape index (κ3) is 1.85. The molecule has 0 amide bonds. The van der Waals surface area contributed by atoms with Crippen molar-refractivity contribution in [3.63, 3.8) is 0 Å². The van der Waals surface area contributed by atoms with Crippen molar-refractivity contribution in [2.75, 3.05) is 0 Å². The molecule has 0 unspecified atom stereocenters. The molecule has 0 fully saturated rings. The van der Waals surface area contributed by atoms with Gasteiger partial charge in [-0.1, -0.05) is 0 Å². The fourth-order valence-electron chi connectivity index (χ4n) is 2.18. The lowest BCUT2D eigenvalue weighted by molar-refractivity contribution is 0.271. The van der Waals surface area contributed by atoms with Gasteiger partial charge in [0.15, 0.2) is 0 Å². The molecule has 0 saturated heterocycles. The van der Waals surface area contributed by atoms with Gasteiger partial charge in [0.2, 0.25) is 6.29 Å². The first kappa shape index (κ1) is 11.7. The van der Waals surface area contributed by atoms with Gasteiger partial charge >= 0.3 is 0 Å². The summed E-state index contributed by atoms with van der Waals surface area (Å²) in [5.41, 5.74) is 3.19. The zero-order chi connectivity index (χ0) is 13.4. The highest BCUT2D eigenvalue weighted by Crippen LogP contribution is 2.17. The summed E-state index contributed by atoms with van der Waals surface area (Å²) in [7, 11) is 0. The zero-order valence-electron chi connectivity index (χ0n) is 11.2. The van der Waals surface area contributed by atoms with Gasteiger partial charge < -0.3 is 0 Å². The van der Waals surface area contributed by atoms with Crippen LogP contribution in [0, 0.1) is 20.8 Å². The van der Waals surface area contributed by atoms with Crippen LogP contribution in [0.1, 0.15) is 23.4 Å². The van der Waals surface area contributed by atoms with Crippen LogP contribution in [0.25, 0.3) is 0 Å². The Kier molecular flexibility index (Phi) is 2.70. The van der Waals surface area contributed by atoms with Gasteiger partial charge in [0.25, 0.3) is 0 Å². The lowest BCUT2D eigenvalue weighted by Gasteiger charge is -2.22. The molecule has 19 heavy (non-hydrogen) atoms. The predicted molar refractivity (Wildman–Crippen MR) is 70.7 cm³/mol. The molecular weight excluding hydrogens is 240 g/mol. The third-order valence-electron chi connectivity index (χ3n) is 3.26. The summed E-state index contributed by atoms with van der Waals surface area (Å²) in [5, 5.41) is 13.2. The Balaban J connectivity index is 2.20. The average Bonchev–Trinajstić information content (AvgIpc) is 3.07. The standard InChI is InChI=1S/C13H16N6/c1-10-4-7-14-17(10)13(18-11(2)5-8-15-18)19-12(3)6-9-16-19/h4-9,13H,1-3H3. The van der Waals surface area contributed by atoms with Crippen LogP contribution in [0.2, 0.25) is 0 Å². The van der Waals surface area contributed by atoms with Crippen LogP contribution in [0.3, 0.4) is 0 Å². The van der Waals surface area contributed by atoms with Crippen LogP contribution in [-0.4, -0.2) is 29.3 Å². The maximum atomic E-state index is 4.41. The summed E-state index contributed by atoms with van der Waals surface area (Å²) in [6.45, 7) is 6.08. The van der Waals surface area contributed by atoms with E-state index in [-0.39, 0.29) is 6.29 Å². The van der Waals surface area contributed by atoms with E-state index >= 15 is 0 Å². The summed E-state index contributed by atoms with van der Waals surface area (Å²) >= 11 is 0. The molecule has 3 heterocycles. The van der Waals surface area contributed by atoms with Crippen LogP contribution < -0.4 is 0 Å². The predicted octanol–water partition coefficient (Wildman–Crippen LogP) is 1.75. The average molecular weight is 256 g/mol. The van der Waals surface area contributed by atoms with Gasteiger partial charge in [-0.3, -0.25) is 0 Å². The largest absolute Gasteiger partial charge is 0.238 e. The third-order valence-corrected chi connectivity index (χ3v) is 3.26. The topological polar surface area (TPSA) is 53.5 Å². The number of hydrogen-bond acceptors (Lipinski definition) is 3. The molecule has 0 aromatic carbocycles. The number of aromatic nitrogens is 6. The molecule has 3 aromatic heterocycles. The van der Waals surface area contributed by atoms with Crippen LogP contribution in [0.15, 0.2) is 36.8 Å². The van der Waals surface area contributed by atoms with E-state index in [0.29, 0.717) is 0 Å². The summed E-state index contributed by atoms with van der Waals surface area (Å²) in [5.74, 6) is 0. The minimum atomic E-state index is -0.208. The van der Waals surface area contributed by atoms with Gasteiger partial charge in [-0.05, 0) is 39.0 Å². The molecule has 0 aliphatic heterocycles. The number of hydrogen-bond donors (Lipinski definition) is 0. The minimum absolute atomic E-state index is 0.208. The summed E-state index contributed by atoms with van der Waals surface area (Å²) in [6, 6.07) is 5.93. The van der Waals surface area contributed by atoms with Gasteiger partial charge in [0, 0.05) is 35.7 Å². The fourth-order valence-corrected chi connectivity index (χ4v) is 2.18. The number of aryl methyl sites for hydroxylation is 3. The van der Waals surface area contributed by atoms with Crippen molar-refractivity contribution >= 4 is 0 Å². The fraction of sp³-hybridized carbons (Fsp3) is 0.308. The highest BCUT2D eigenvalue weighted by atomic mass is 15.6. The van der Waals surface area contributed by atoms with Gasteiger partial charge in [-0.15, -0.1) is 0 Å². The summed E-state index contributed by atoms with van der Waals surface area (Å²) in [4.78, 5) is 0. The van der Waals surface area contributed by atoms with Crippen LogP contribution in [-0.2, 0) is 0 Å². The monoisotopic (exact) mass is 256 g/mol. The first-order valence-corrected chi connectivity index (χ1v) is 6.19. The molecule has 3 aromatic rings. The van der Waals surface area contributed by atoms with E-state index in [2.05, 4.69) is 15.3 Å². The maximum Gasteiger partial charge on any atom is 0.238 e. The van der Waals surface area contributed by atoms with Crippen molar-refractivity contribution in [2.45, 2.75) is 27.1 Å². The highest BCUT2D eigenvalue weighted by Gasteiger charge is 2.21. The minimum Gasteiger partial charge on any atom is -0.225 e. The molecule has 0 N–H and O–H groups in total. The smallest absolute Gasteiger partial charge is 0.225 e. The summed E-state index contributed by atoms with van der Waals surface area (Å²) < 4.78 is 5.75. The Hall–Kier alpha value is -2.37. The Bertz CT molecular complexity index is 594. The number of rotatable bonds is 3. The van der Waals surface area contributed by atoms with Crippen molar-refractivity contribution in [1.29, 1.82) is 0 Å². The van der Waals surface area contributed by atoms with E-state index in [4.69, 9.17) is 0 Å². The van der Waals surface area contributed by atoms with E-state index in [1.165, 1.54) is 0 Å². The van der Waals surface area contributed by atoms with E-state index in [0.717, 1.165) is 17.1 Å². The van der Waals surface area contributed by atoms with Crippen molar-refractivity contribution in [3.05, 3.63) is 53.9 Å². The molecule has 6 nitrogen and oxygen atoms in total. The molecule has 0 saturated carbocycles. The molecule has 0 aliphatic rings. The highest BCUT2D eigenvalue weighted by molar-refractivity contribution is 5.06. The van der Waals surface area contributed by atoms with Crippen molar-refractivity contribution in [2.24, 2.45) is 0 Å². The SMILES string of the molecule is Cc1ccnn1C(n1nccc1C)n1nccc1C. The van der Waals surface area contributed by atoms with Crippen molar-refractivity contribution < 1.29 is 0 Å². The molecular formula is C13H16N6. The van der Waals surface area contributed by atoms with Crippen molar-refractivity contribution in [3.8, 4) is 0 Å². The molecule has 0 spiro atoms. The Morgan fingerprint density at radius 1 is 0.684 bits per heavy atom. The Morgan fingerprint density at radius 3 is 1.21 bits per heavy atom. The van der Waals surface area contributed by atoms with Gasteiger partial charge in [0.05, 0.1) is 0 Å². The van der Waals surface area contributed by atoms with Gasteiger partial charge in [-0.2, -0.15) is 15.3 Å². The molecule has 0 radical (unpaired) electrons. The van der Waals surface area contributed by atoms with Crippen LogP contribution >= 0.6 is 0 Å². The summed E-state index contributed by atoms with van der Waals surface area (Å²) in [6.07, 6.45) is 5.17. The molecule has 3 rings (SSSR count). The Morgan fingerprint density at radius 2 is 1.00 bits per heavy atom. The quantitative estimate of drug-likeness (QED) is 0.717. The van der Waals surface area contributed by atoms with E-state index in [9.17, 15) is 0 Å². The normalized spacial score (nSPS) is 11.4. The number of nitrogens with zero attached hydrogens (tertiary/aromatic N) is 6. The second-order valence-corrected chi connectivity index (χ2v) is 4.60. The second kappa shape index (κ2) is 4.38. The van der Waals surface area contributed by atoms with Crippen LogP contribution in [0.5, 0.6) is 0 Å². The van der Waals surface area contributed by atoms with E-state index < -0.39 is 0 Å². The van der Waals surface area contributed by atoms with Crippen molar-refractivity contribution in [1.82, 2.24) is 29.3 Å². The van der Waals surface area contributed by atoms with Gasteiger partial charge in [0.1, 0.15) is 0 Å². The zero-order valence-corrected chi connectivity index (χ0v) is 11.2. The second-order valence-electron chi connectivity index (χ2n) is 4.60. The lowest BCUT2D eigenvalue weighted by atomic mass is 10.4. The van der Waals surface area contributed by atoms with Gasteiger partial charge in [-0.25, -0.2) is 14.0 Å². The maximum absolute atomic E-state index is 4.41. The molecule has 98 valence electrons. The first-order valence-electron chi connectivity index (χ1n) is 6.19. The molecule has 0 bridgehead atoms. The Labute approximate surface area is 111 Å². The molecule has 0 aliphatic carbocycles. The van der Waals surface area contributed by atoms with Crippen LogP contribution in [0.4, 0.5) is 0 Å².